The molecule has 29 heavy (non-hydrogen) atoms. The molecule has 0 amide bonds. The molecule has 3 N–H and O–H groups in total. The molecule has 0 aliphatic carbocycles. The number of benzene rings is 2. The zero-order chi connectivity index (χ0) is 20.9. The zero-order valence-corrected chi connectivity index (χ0v) is 17.6. The summed E-state index contributed by atoms with van der Waals surface area (Å²) in [6, 6.07) is 17.6. The van der Waals surface area contributed by atoms with Crippen molar-refractivity contribution in [2.75, 3.05) is 26.2 Å². The van der Waals surface area contributed by atoms with E-state index in [-0.39, 0.29) is 12.6 Å². The Labute approximate surface area is 174 Å². The first kappa shape index (κ1) is 22.7. The Morgan fingerprint density at radius 3 is 2.59 bits per heavy atom. The molecule has 0 aliphatic rings. The Morgan fingerprint density at radius 1 is 1.07 bits per heavy atom. The Hall–Kier alpha value is -2.57. The van der Waals surface area contributed by atoms with Crippen molar-refractivity contribution in [1.82, 2.24) is 10.6 Å². The molecule has 0 spiro atoms. The minimum Gasteiger partial charge on any atom is -0.491 e. The molecule has 0 aliphatic heterocycles. The van der Waals surface area contributed by atoms with Crippen LogP contribution >= 0.6 is 0 Å². The monoisotopic (exact) mass is 399 g/mol. The third-order valence-corrected chi connectivity index (χ3v) is 4.03. The Kier molecular flexibility index (Phi) is 10.0. The van der Waals surface area contributed by atoms with Gasteiger partial charge in [-0.1, -0.05) is 42.5 Å². The average molecular weight is 400 g/mol. The van der Waals surface area contributed by atoms with E-state index in [0.717, 1.165) is 23.4 Å². The molecule has 2 aromatic carbocycles. The average Bonchev–Trinajstić information content (AvgIpc) is 2.72. The second kappa shape index (κ2) is 12.8. The van der Waals surface area contributed by atoms with E-state index in [2.05, 4.69) is 15.6 Å². The number of nitrogens with one attached hydrogen (secondary N) is 2. The summed E-state index contributed by atoms with van der Waals surface area (Å²) in [5.41, 5.74) is 1.94. The maximum absolute atomic E-state index is 10.5. The summed E-state index contributed by atoms with van der Waals surface area (Å²) < 4.78 is 11.4. The highest BCUT2D eigenvalue weighted by Gasteiger charge is 2.09. The second-order valence-corrected chi connectivity index (χ2v) is 6.94. The number of ether oxygens (including phenoxy) is 2. The molecule has 0 aromatic heterocycles. The van der Waals surface area contributed by atoms with E-state index in [4.69, 9.17) is 9.47 Å². The lowest BCUT2D eigenvalue weighted by Crippen LogP contribution is -2.39. The second-order valence-electron chi connectivity index (χ2n) is 6.94. The third kappa shape index (κ3) is 8.98. The fourth-order valence-electron chi connectivity index (χ4n) is 2.70. The smallest absolute Gasteiger partial charge is 0.191 e. The minimum atomic E-state index is -0.699. The molecule has 158 valence electrons. The molecule has 0 bridgehead atoms. The molecule has 0 saturated heterocycles. The Balaban J connectivity index is 1.79. The molecule has 0 saturated carbocycles. The first-order valence-corrected chi connectivity index (χ1v) is 10.2. The van der Waals surface area contributed by atoms with Crippen LogP contribution in [0.2, 0.25) is 0 Å². The topological polar surface area (TPSA) is 75.1 Å². The van der Waals surface area contributed by atoms with Crippen molar-refractivity contribution in [3.8, 4) is 5.75 Å². The van der Waals surface area contributed by atoms with E-state index in [1.54, 1.807) is 0 Å². The molecule has 6 heteroatoms. The van der Waals surface area contributed by atoms with Gasteiger partial charge in [-0.05, 0) is 44.0 Å². The lowest BCUT2D eigenvalue weighted by atomic mass is 10.1. The van der Waals surface area contributed by atoms with Gasteiger partial charge >= 0.3 is 0 Å². The van der Waals surface area contributed by atoms with Gasteiger partial charge in [0.05, 0.1) is 32.0 Å². The predicted octanol–water partition coefficient (Wildman–Crippen LogP) is 3.28. The number of aliphatic hydroxyl groups is 1. The van der Waals surface area contributed by atoms with Gasteiger partial charge in [0.2, 0.25) is 0 Å². The molecule has 1 atom stereocenters. The Morgan fingerprint density at radius 2 is 1.86 bits per heavy atom. The summed E-state index contributed by atoms with van der Waals surface area (Å²) in [6.45, 7) is 8.74. The molecule has 0 radical (unpaired) electrons. The normalized spacial score (nSPS) is 12.7. The van der Waals surface area contributed by atoms with E-state index in [1.807, 2.05) is 75.4 Å². The molecule has 1 unspecified atom stereocenters. The largest absolute Gasteiger partial charge is 0.491 e. The highest BCUT2D eigenvalue weighted by molar-refractivity contribution is 5.79. The summed E-state index contributed by atoms with van der Waals surface area (Å²) in [4.78, 5) is 4.48. The van der Waals surface area contributed by atoms with Gasteiger partial charge in [0.1, 0.15) is 5.75 Å². The van der Waals surface area contributed by atoms with Gasteiger partial charge in [0.15, 0.2) is 5.96 Å². The number of nitrogens with zero attached hydrogens (tertiary/aromatic N) is 1. The Bertz CT molecular complexity index is 735. The van der Waals surface area contributed by atoms with E-state index in [0.29, 0.717) is 25.7 Å². The molecular formula is C23H33N3O3. The molecule has 2 rings (SSSR count). The highest BCUT2D eigenvalue weighted by atomic mass is 16.5. The maximum atomic E-state index is 10.5. The number of aliphatic hydroxyl groups excluding tert-OH is 1. The summed E-state index contributed by atoms with van der Waals surface area (Å²) in [6.07, 6.45) is -0.607. The first-order valence-electron chi connectivity index (χ1n) is 10.2. The number of aliphatic imine (C=N–C) groups is 1. The lowest BCUT2D eigenvalue weighted by molar-refractivity contribution is 0.125. The zero-order valence-electron chi connectivity index (χ0n) is 17.6. The van der Waals surface area contributed by atoms with Crippen molar-refractivity contribution in [3.05, 3.63) is 65.7 Å². The molecule has 2 aromatic rings. The van der Waals surface area contributed by atoms with Gasteiger partial charge in [-0.25, -0.2) is 0 Å². The van der Waals surface area contributed by atoms with Crippen LogP contribution in [0.4, 0.5) is 0 Å². The molecule has 0 fully saturated rings. The molecule has 0 heterocycles. The van der Waals surface area contributed by atoms with Crippen LogP contribution in [0.15, 0.2) is 59.6 Å². The molecule has 6 nitrogen and oxygen atoms in total. The van der Waals surface area contributed by atoms with Crippen molar-refractivity contribution in [2.24, 2.45) is 4.99 Å². The van der Waals surface area contributed by atoms with Crippen molar-refractivity contribution in [2.45, 2.75) is 39.6 Å². The quantitative estimate of drug-likeness (QED) is 0.307. The fraction of sp³-hybridized carbons (Fsp3) is 0.435. The number of hydrogen-bond acceptors (Lipinski definition) is 4. The van der Waals surface area contributed by atoms with Gasteiger partial charge < -0.3 is 25.2 Å². The highest BCUT2D eigenvalue weighted by Crippen LogP contribution is 2.20. The number of hydrogen-bond donors (Lipinski definition) is 3. The van der Waals surface area contributed by atoms with Crippen LogP contribution in [0.5, 0.6) is 5.75 Å². The SMILES string of the molecule is CCNC(=NCC(O)c1cccc(OC(C)C)c1)NCCOCc1ccccc1. The van der Waals surface area contributed by atoms with E-state index in [9.17, 15) is 5.11 Å². The van der Waals surface area contributed by atoms with Crippen LogP contribution < -0.4 is 15.4 Å². The number of rotatable bonds is 11. The van der Waals surface area contributed by atoms with E-state index in [1.165, 1.54) is 0 Å². The summed E-state index contributed by atoms with van der Waals surface area (Å²) in [5, 5.41) is 16.9. The predicted molar refractivity (Wildman–Crippen MR) is 117 cm³/mol. The van der Waals surface area contributed by atoms with E-state index >= 15 is 0 Å². The van der Waals surface area contributed by atoms with Gasteiger partial charge in [-0.2, -0.15) is 0 Å². The summed E-state index contributed by atoms with van der Waals surface area (Å²) in [7, 11) is 0. The molecular weight excluding hydrogens is 366 g/mol. The minimum absolute atomic E-state index is 0.0917. The van der Waals surface area contributed by atoms with Gasteiger partial charge in [-0.3, -0.25) is 4.99 Å². The summed E-state index contributed by atoms with van der Waals surface area (Å²) >= 11 is 0. The fourth-order valence-corrected chi connectivity index (χ4v) is 2.70. The first-order chi connectivity index (χ1) is 14.1. The van der Waals surface area contributed by atoms with Crippen LogP contribution in [0.3, 0.4) is 0 Å². The van der Waals surface area contributed by atoms with Gasteiger partial charge in [-0.15, -0.1) is 0 Å². The van der Waals surface area contributed by atoms with Crippen LogP contribution in [0.1, 0.15) is 38.0 Å². The van der Waals surface area contributed by atoms with Crippen LogP contribution in [-0.4, -0.2) is 43.4 Å². The number of guanidine groups is 1. The van der Waals surface area contributed by atoms with Crippen molar-refractivity contribution in [1.29, 1.82) is 0 Å². The van der Waals surface area contributed by atoms with Gasteiger partial charge in [0, 0.05) is 13.1 Å². The van der Waals surface area contributed by atoms with Crippen molar-refractivity contribution < 1.29 is 14.6 Å². The van der Waals surface area contributed by atoms with Crippen molar-refractivity contribution >= 4 is 5.96 Å². The van der Waals surface area contributed by atoms with Crippen LogP contribution in [0.25, 0.3) is 0 Å². The van der Waals surface area contributed by atoms with Gasteiger partial charge in [0.25, 0.3) is 0 Å². The summed E-state index contributed by atoms with van der Waals surface area (Å²) in [5.74, 6) is 1.41. The maximum Gasteiger partial charge on any atom is 0.191 e. The van der Waals surface area contributed by atoms with Crippen LogP contribution in [-0.2, 0) is 11.3 Å². The lowest BCUT2D eigenvalue weighted by Gasteiger charge is -2.15. The van der Waals surface area contributed by atoms with E-state index < -0.39 is 6.10 Å². The standard InChI is InChI=1S/C23H33N3O3/c1-4-24-23(25-13-14-28-17-19-9-6-5-7-10-19)26-16-22(27)20-11-8-12-21(15-20)29-18(2)3/h5-12,15,18,22,27H,4,13-14,16-17H2,1-3H3,(H2,24,25,26). The van der Waals surface area contributed by atoms with Crippen molar-refractivity contribution in [3.63, 3.8) is 0 Å². The third-order valence-electron chi connectivity index (χ3n) is 4.03. The van der Waals surface area contributed by atoms with Crippen LogP contribution in [0, 0.1) is 0 Å².